The molecular weight excluding hydrogens is 100 g/mol. The van der Waals surface area contributed by atoms with Gasteiger partial charge in [0, 0.05) is 13.6 Å². The zero-order chi connectivity index (χ0) is 6.15. The molecule has 0 aliphatic heterocycles. The van der Waals surface area contributed by atoms with E-state index in [-0.39, 0.29) is 0 Å². The molecule has 0 aromatic rings. The minimum Gasteiger partial charge on any atom is -0.269 e. The average molecular weight is 114 g/mol. The molecule has 0 radical (unpaired) electrons. The van der Waals surface area contributed by atoms with E-state index in [0.717, 1.165) is 18.4 Å². The molecule has 0 aromatic carbocycles. The summed E-state index contributed by atoms with van der Waals surface area (Å²) in [4.78, 5) is 0. The Balaban J connectivity index is 2.05. The molecule has 1 fully saturated rings. The Bertz CT molecular complexity index is 80.6. The normalized spacial score (nSPS) is 36.0. The molecule has 2 N–H and O–H groups in total. The first-order valence-corrected chi connectivity index (χ1v) is 3.16. The van der Waals surface area contributed by atoms with Gasteiger partial charge >= 0.3 is 0 Å². The van der Waals surface area contributed by atoms with Gasteiger partial charge in [0.2, 0.25) is 0 Å². The summed E-state index contributed by atoms with van der Waals surface area (Å²) in [5.74, 6) is 7.25. The van der Waals surface area contributed by atoms with E-state index in [2.05, 4.69) is 6.92 Å². The van der Waals surface area contributed by atoms with Gasteiger partial charge in [-0.3, -0.25) is 5.84 Å². The van der Waals surface area contributed by atoms with Gasteiger partial charge in [0.15, 0.2) is 0 Å². The van der Waals surface area contributed by atoms with Crippen LogP contribution in [0.15, 0.2) is 0 Å². The van der Waals surface area contributed by atoms with Crippen molar-refractivity contribution in [1.82, 2.24) is 5.01 Å². The number of nitrogens with zero attached hydrogens (tertiary/aromatic N) is 1. The molecule has 0 aromatic heterocycles. The molecule has 0 saturated heterocycles. The lowest BCUT2D eigenvalue weighted by Gasteiger charge is -2.06. The van der Waals surface area contributed by atoms with E-state index in [0.29, 0.717) is 0 Å². The third kappa shape index (κ3) is 1.46. The monoisotopic (exact) mass is 114 g/mol. The Kier molecular flexibility index (Phi) is 1.54. The standard InChI is InChI=1S/C6H14N2/c1-5-3-6(5)4-8(2)7/h5-6H,3-4,7H2,1-2H3/t5-,6?/m0/s1. The predicted octanol–water partition coefficient (Wildman–Crippen LogP) is 0.448. The molecule has 0 amide bonds. The largest absolute Gasteiger partial charge is 0.269 e. The molecule has 1 aliphatic carbocycles. The number of nitrogens with two attached hydrogens (primary N) is 1. The van der Waals surface area contributed by atoms with Crippen LogP contribution in [0, 0.1) is 11.8 Å². The molecule has 1 rings (SSSR count). The van der Waals surface area contributed by atoms with Gasteiger partial charge in [0.1, 0.15) is 0 Å². The minimum atomic E-state index is 0.894. The van der Waals surface area contributed by atoms with Crippen LogP contribution in [0.3, 0.4) is 0 Å². The summed E-state index contributed by atoms with van der Waals surface area (Å²) in [5.41, 5.74) is 0. The summed E-state index contributed by atoms with van der Waals surface area (Å²) in [7, 11) is 1.92. The van der Waals surface area contributed by atoms with Crippen molar-refractivity contribution in [2.45, 2.75) is 13.3 Å². The molecule has 1 aliphatic rings. The van der Waals surface area contributed by atoms with Crippen LogP contribution in [0.25, 0.3) is 0 Å². The maximum Gasteiger partial charge on any atom is 0.0156 e. The smallest absolute Gasteiger partial charge is 0.0156 e. The number of rotatable bonds is 2. The molecular formula is C6H14N2. The van der Waals surface area contributed by atoms with Crippen LogP contribution in [0.4, 0.5) is 0 Å². The third-order valence-electron chi connectivity index (χ3n) is 1.80. The van der Waals surface area contributed by atoms with Crippen molar-refractivity contribution in [2.24, 2.45) is 17.7 Å². The molecule has 8 heavy (non-hydrogen) atoms. The maximum absolute atomic E-state index is 5.43. The molecule has 0 bridgehead atoms. The van der Waals surface area contributed by atoms with E-state index in [1.807, 2.05) is 7.05 Å². The molecule has 0 spiro atoms. The van der Waals surface area contributed by atoms with E-state index < -0.39 is 0 Å². The molecule has 48 valence electrons. The van der Waals surface area contributed by atoms with Gasteiger partial charge in [-0.1, -0.05) is 6.92 Å². The second-order valence-electron chi connectivity index (χ2n) is 2.91. The van der Waals surface area contributed by atoms with Crippen LogP contribution >= 0.6 is 0 Å². The fraction of sp³-hybridized carbons (Fsp3) is 1.00. The number of hydrazine groups is 1. The first kappa shape index (κ1) is 6.05. The summed E-state index contributed by atoms with van der Waals surface area (Å²) < 4.78 is 0. The maximum atomic E-state index is 5.43. The Hall–Kier alpha value is -0.0800. The van der Waals surface area contributed by atoms with Crippen molar-refractivity contribution in [2.75, 3.05) is 13.6 Å². The van der Waals surface area contributed by atoms with Crippen LogP contribution in [-0.2, 0) is 0 Å². The van der Waals surface area contributed by atoms with Gasteiger partial charge < -0.3 is 0 Å². The lowest BCUT2D eigenvalue weighted by atomic mass is 10.3. The fourth-order valence-corrected chi connectivity index (χ4v) is 1.02. The second kappa shape index (κ2) is 2.03. The molecule has 0 heterocycles. The van der Waals surface area contributed by atoms with Crippen LogP contribution in [-0.4, -0.2) is 18.6 Å². The van der Waals surface area contributed by atoms with Gasteiger partial charge in [0.05, 0.1) is 0 Å². The van der Waals surface area contributed by atoms with E-state index in [1.165, 1.54) is 6.42 Å². The second-order valence-corrected chi connectivity index (χ2v) is 2.91. The van der Waals surface area contributed by atoms with Crippen LogP contribution in [0.2, 0.25) is 0 Å². The zero-order valence-electron chi connectivity index (χ0n) is 5.59. The van der Waals surface area contributed by atoms with Crippen LogP contribution in [0.5, 0.6) is 0 Å². The number of hydrogen-bond acceptors (Lipinski definition) is 2. The zero-order valence-corrected chi connectivity index (χ0v) is 5.59. The number of hydrogen-bond donors (Lipinski definition) is 1. The summed E-state index contributed by atoms with van der Waals surface area (Å²) in [6.07, 6.45) is 1.38. The average Bonchev–Trinajstić information content (AvgIpc) is 2.17. The highest BCUT2D eigenvalue weighted by atomic mass is 15.4. The molecule has 1 saturated carbocycles. The van der Waals surface area contributed by atoms with Crippen molar-refractivity contribution < 1.29 is 0 Å². The Morgan fingerprint density at radius 1 is 1.75 bits per heavy atom. The van der Waals surface area contributed by atoms with Crippen molar-refractivity contribution in [3.05, 3.63) is 0 Å². The summed E-state index contributed by atoms with van der Waals surface area (Å²) in [6.45, 7) is 3.34. The summed E-state index contributed by atoms with van der Waals surface area (Å²) in [5, 5.41) is 1.77. The Labute approximate surface area is 50.6 Å². The third-order valence-corrected chi connectivity index (χ3v) is 1.80. The van der Waals surface area contributed by atoms with Gasteiger partial charge in [-0.05, 0) is 18.3 Å². The van der Waals surface area contributed by atoms with Gasteiger partial charge in [-0.2, -0.15) is 0 Å². The van der Waals surface area contributed by atoms with Gasteiger partial charge in [0.25, 0.3) is 0 Å². The van der Waals surface area contributed by atoms with E-state index in [1.54, 1.807) is 5.01 Å². The SMILES string of the molecule is C[C@H]1CC1CN(C)N. The van der Waals surface area contributed by atoms with Gasteiger partial charge in [-0.15, -0.1) is 0 Å². The van der Waals surface area contributed by atoms with Crippen molar-refractivity contribution >= 4 is 0 Å². The highest BCUT2D eigenvalue weighted by Gasteiger charge is 2.32. The topological polar surface area (TPSA) is 29.3 Å². The predicted molar refractivity (Wildman–Crippen MR) is 34.1 cm³/mol. The van der Waals surface area contributed by atoms with Crippen molar-refractivity contribution in [3.63, 3.8) is 0 Å². The van der Waals surface area contributed by atoms with Crippen LogP contribution < -0.4 is 5.84 Å². The van der Waals surface area contributed by atoms with Gasteiger partial charge in [-0.25, -0.2) is 5.01 Å². The highest BCUT2D eigenvalue weighted by molar-refractivity contribution is 4.83. The fourth-order valence-electron chi connectivity index (χ4n) is 1.02. The Morgan fingerprint density at radius 2 is 2.25 bits per heavy atom. The van der Waals surface area contributed by atoms with Crippen molar-refractivity contribution in [3.8, 4) is 0 Å². The molecule has 2 nitrogen and oxygen atoms in total. The van der Waals surface area contributed by atoms with Crippen molar-refractivity contribution in [1.29, 1.82) is 0 Å². The van der Waals surface area contributed by atoms with E-state index in [9.17, 15) is 0 Å². The lowest BCUT2D eigenvalue weighted by molar-refractivity contribution is 0.327. The lowest BCUT2D eigenvalue weighted by Crippen LogP contribution is -2.28. The first-order chi connectivity index (χ1) is 3.70. The summed E-state index contributed by atoms with van der Waals surface area (Å²) in [6, 6.07) is 0. The van der Waals surface area contributed by atoms with Crippen LogP contribution in [0.1, 0.15) is 13.3 Å². The quantitative estimate of drug-likeness (QED) is 0.417. The Morgan fingerprint density at radius 3 is 2.38 bits per heavy atom. The first-order valence-electron chi connectivity index (χ1n) is 3.16. The van der Waals surface area contributed by atoms with E-state index >= 15 is 0 Å². The highest BCUT2D eigenvalue weighted by Crippen LogP contribution is 2.37. The molecule has 2 atom stereocenters. The minimum absolute atomic E-state index is 0.894. The van der Waals surface area contributed by atoms with E-state index in [4.69, 9.17) is 5.84 Å². The molecule has 2 heteroatoms. The molecule has 1 unspecified atom stereocenters. The summed E-state index contributed by atoms with van der Waals surface area (Å²) >= 11 is 0.